The van der Waals surface area contributed by atoms with Gasteiger partial charge in [-0.25, -0.2) is 14.5 Å². The Bertz CT molecular complexity index is 970. The van der Waals surface area contributed by atoms with Crippen LogP contribution < -0.4 is 5.32 Å². The molecule has 2 N–H and O–H groups in total. The number of rotatable bonds is 1. The van der Waals surface area contributed by atoms with Gasteiger partial charge in [0.25, 0.3) is 5.91 Å². The molecular weight excluding hydrogens is 336 g/mol. The summed E-state index contributed by atoms with van der Waals surface area (Å²) in [5.74, 6) is 0.737. The zero-order valence-electron chi connectivity index (χ0n) is 14.2. The summed E-state index contributed by atoms with van der Waals surface area (Å²) in [6, 6.07) is 0. The number of piperazine rings is 1. The maximum absolute atomic E-state index is 12.8. The van der Waals surface area contributed by atoms with E-state index in [0.29, 0.717) is 11.7 Å². The number of thiophene rings is 1. The second kappa shape index (κ2) is 5.74. The Balaban J connectivity index is 1.65. The highest BCUT2D eigenvalue weighted by Gasteiger charge is 2.27. The Labute approximate surface area is 149 Å². The molecule has 130 valence electrons. The molecule has 1 aliphatic heterocycles. The van der Waals surface area contributed by atoms with Gasteiger partial charge in [0.15, 0.2) is 5.65 Å². The first-order chi connectivity index (χ1) is 12.2. The van der Waals surface area contributed by atoms with Gasteiger partial charge in [0, 0.05) is 4.88 Å². The molecule has 1 saturated heterocycles. The second-order valence-corrected chi connectivity index (χ2v) is 8.10. The molecule has 7 nitrogen and oxygen atoms in total. The van der Waals surface area contributed by atoms with Gasteiger partial charge in [0.2, 0.25) is 5.82 Å². The number of hydrogen-bond acceptors (Lipinski definition) is 5. The summed E-state index contributed by atoms with van der Waals surface area (Å²) in [7, 11) is 0. The minimum atomic E-state index is -0.0675. The minimum absolute atomic E-state index is 0.0675. The predicted octanol–water partition coefficient (Wildman–Crippen LogP) is 0.798. The van der Waals surface area contributed by atoms with Gasteiger partial charge in [0.05, 0.1) is 31.6 Å². The summed E-state index contributed by atoms with van der Waals surface area (Å²) in [6.45, 7) is 5.68. The van der Waals surface area contributed by atoms with Crippen LogP contribution in [0.1, 0.15) is 46.7 Å². The number of carbonyl (C=O) groups excluding carboxylic acids is 1. The molecule has 8 heteroatoms. The van der Waals surface area contributed by atoms with Gasteiger partial charge < -0.3 is 10.2 Å². The number of quaternary nitrogens is 1. The zero-order chi connectivity index (χ0) is 17.0. The van der Waals surface area contributed by atoms with E-state index in [-0.39, 0.29) is 5.91 Å². The second-order valence-electron chi connectivity index (χ2n) is 7.02. The largest absolute Gasteiger partial charge is 0.343 e. The fourth-order valence-electron chi connectivity index (χ4n) is 4.07. The van der Waals surface area contributed by atoms with Crippen LogP contribution in [0.4, 0.5) is 0 Å². The third-order valence-corrected chi connectivity index (χ3v) is 6.53. The van der Waals surface area contributed by atoms with Crippen LogP contribution in [0.15, 0.2) is 6.33 Å². The molecule has 1 atom stereocenters. The normalized spacial score (nSPS) is 21.0. The van der Waals surface area contributed by atoms with E-state index in [0.717, 1.165) is 48.5 Å². The summed E-state index contributed by atoms with van der Waals surface area (Å²) in [5, 5.41) is 7.77. The average molecular weight is 357 g/mol. The Hall–Kier alpha value is -2.06. The number of hydrogen-bond donors (Lipinski definition) is 1. The molecule has 1 amide bonds. The van der Waals surface area contributed by atoms with E-state index < -0.39 is 0 Å². The number of aromatic nitrogens is 4. The maximum atomic E-state index is 12.8. The van der Waals surface area contributed by atoms with Crippen molar-refractivity contribution in [3.8, 4) is 0 Å². The Morgan fingerprint density at radius 1 is 1.36 bits per heavy atom. The number of amides is 1. The van der Waals surface area contributed by atoms with Crippen molar-refractivity contribution >= 4 is 33.1 Å². The first-order valence-corrected chi connectivity index (χ1v) is 9.81. The summed E-state index contributed by atoms with van der Waals surface area (Å²) < 4.78 is 1.68. The van der Waals surface area contributed by atoms with Crippen LogP contribution in [0.2, 0.25) is 0 Å². The van der Waals surface area contributed by atoms with Crippen LogP contribution >= 0.6 is 11.3 Å². The van der Waals surface area contributed by atoms with Crippen LogP contribution in [0.3, 0.4) is 0 Å². The van der Waals surface area contributed by atoms with Gasteiger partial charge >= 0.3 is 0 Å². The van der Waals surface area contributed by atoms with Gasteiger partial charge in [-0.2, -0.15) is 0 Å². The van der Waals surface area contributed by atoms with Gasteiger partial charge in [-0.1, -0.05) is 6.92 Å². The Morgan fingerprint density at radius 2 is 2.20 bits per heavy atom. The average Bonchev–Trinajstić information content (AvgIpc) is 3.23. The molecule has 0 unspecified atom stereocenters. The highest BCUT2D eigenvalue weighted by molar-refractivity contribution is 7.19. The van der Waals surface area contributed by atoms with Crippen molar-refractivity contribution in [3.05, 3.63) is 22.6 Å². The molecule has 0 saturated carbocycles. The van der Waals surface area contributed by atoms with Gasteiger partial charge in [-0.05, 0) is 30.7 Å². The maximum Gasteiger partial charge on any atom is 0.293 e. The van der Waals surface area contributed by atoms with Gasteiger partial charge in [-0.15, -0.1) is 16.4 Å². The highest BCUT2D eigenvalue weighted by atomic mass is 32.1. The lowest BCUT2D eigenvalue weighted by Gasteiger charge is -2.23. The zero-order valence-corrected chi connectivity index (χ0v) is 15.1. The van der Waals surface area contributed by atoms with E-state index in [9.17, 15) is 4.79 Å². The summed E-state index contributed by atoms with van der Waals surface area (Å²) in [4.78, 5) is 26.3. The predicted molar refractivity (Wildman–Crippen MR) is 95.1 cm³/mol. The van der Waals surface area contributed by atoms with E-state index in [1.165, 1.54) is 23.3 Å². The van der Waals surface area contributed by atoms with Crippen molar-refractivity contribution in [1.29, 1.82) is 0 Å². The SMILES string of the molecule is C[C@H]1CCCc2sc3ncn4nc(C(=O)N5CC[NH2+]CC5)nc4c3c21. The molecule has 0 radical (unpaired) electrons. The number of fused-ring (bicyclic) bond motifs is 5. The monoisotopic (exact) mass is 357 g/mol. The van der Waals surface area contributed by atoms with E-state index in [1.54, 1.807) is 22.2 Å². The molecule has 2 aliphatic rings. The summed E-state index contributed by atoms with van der Waals surface area (Å²) in [6.07, 6.45) is 5.25. The van der Waals surface area contributed by atoms with Crippen molar-refractivity contribution in [2.75, 3.05) is 26.2 Å². The molecule has 3 aromatic heterocycles. The number of carbonyl (C=O) groups is 1. The van der Waals surface area contributed by atoms with E-state index in [2.05, 4.69) is 27.3 Å². The molecule has 25 heavy (non-hydrogen) atoms. The first kappa shape index (κ1) is 15.2. The third-order valence-electron chi connectivity index (χ3n) is 5.36. The number of aryl methyl sites for hydroxylation is 1. The summed E-state index contributed by atoms with van der Waals surface area (Å²) in [5.41, 5.74) is 2.16. The van der Waals surface area contributed by atoms with Crippen molar-refractivity contribution in [1.82, 2.24) is 24.5 Å². The lowest BCUT2D eigenvalue weighted by Crippen LogP contribution is -2.89. The van der Waals surface area contributed by atoms with E-state index in [1.807, 2.05) is 4.90 Å². The summed E-state index contributed by atoms with van der Waals surface area (Å²) >= 11 is 1.77. The molecule has 1 fully saturated rings. The minimum Gasteiger partial charge on any atom is -0.343 e. The smallest absolute Gasteiger partial charge is 0.293 e. The van der Waals surface area contributed by atoms with E-state index >= 15 is 0 Å². The fourth-order valence-corrected chi connectivity index (χ4v) is 5.37. The first-order valence-electron chi connectivity index (χ1n) is 9.00. The number of nitrogens with two attached hydrogens (primary N) is 1. The van der Waals surface area contributed by atoms with Gasteiger partial charge in [-0.3, -0.25) is 4.79 Å². The van der Waals surface area contributed by atoms with Crippen molar-refractivity contribution in [2.45, 2.75) is 32.1 Å². The molecule has 0 aromatic carbocycles. The molecule has 0 bridgehead atoms. The van der Waals surface area contributed by atoms with Crippen molar-refractivity contribution in [3.63, 3.8) is 0 Å². The van der Waals surface area contributed by atoms with E-state index in [4.69, 9.17) is 0 Å². The van der Waals surface area contributed by atoms with Crippen LogP contribution in [-0.2, 0) is 6.42 Å². The van der Waals surface area contributed by atoms with Gasteiger partial charge in [0.1, 0.15) is 11.2 Å². The lowest BCUT2D eigenvalue weighted by molar-refractivity contribution is -0.661. The standard InChI is InChI=1S/C17H20N6OS/c1-10-3-2-4-11-12(10)13-15-20-14(17(24)22-7-5-18-6-8-22)21-23(15)9-19-16(13)25-11/h9-10,18H,2-8H2,1H3/p+1/t10-/m0/s1. The molecule has 0 spiro atoms. The molecular formula is C17H21N6OS+. The van der Waals surface area contributed by atoms with Crippen LogP contribution in [0.5, 0.6) is 0 Å². The molecule has 3 aromatic rings. The fraction of sp³-hybridized carbons (Fsp3) is 0.529. The Morgan fingerprint density at radius 3 is 3.04 bits per heavy atom. The molecule has 5 rings (SSSR count). The van der Waals surface area contributed by atoms with Crippen LogP contribution in [-0.4, -0.2) is 56.6 Å². The molecule has 4 heterocycles. The molecule has 1 aliphatic carbocycles. The van der Waals surface area contributed by atoms with Crippen molar-refractivity contribution in [2.24, 2.45) is 0 Å². The highest BCUT2D eigenvalue weighted by Crippen LogP contribution is 2.42. The quantitative estimate of drug-likeness (QED) is 0.699. The van der Waals surface area contributed by atoms with Crippen LogP contribution in [0, 0.1) is 0 Å². The third kappa shape index (κ3) is 2.35. The number of nitrogens with zero attached hydrogens (tertiary/aromatic N) is 5. The topological polar surface area (TPSA) is 80.0 Å². The van der Waals surface area contributed by atoms with Crippen molar-refractivity contribution < 1.29 is 10.1 Å². The lowest BCUT2D eigenvalue weighted by atomic mass is 9.87. The van der Waals surface area contributed by atoms with Crippen LogP contribution in [0.25, 0.3) is 15.9 Å². The Kier molecular flexibility index (Phi) is 3.49.